The highest BCUT2D eigenvalue weighted by molar-refractivity contribution is 5.98. The number of para-hydroxylation sites is 1. The van der Waals surface area contributed by atoms with E-state index in [4.69, 9.17) is 4.74 Å². The fourth-order valence-electron chi connectivity index (χ4n) is 2.76. The van der Waals surface area contributed by atoms with Gasteiger partial charge in [0, 0.05) is 17.9 Å². The van der Waals surface area contributed by atoms with Gasteiger partial charge in [-0.2, -0.15) is 0 Å². The van der Waals surface area contributed by atoms with Crippen molar-refractivity contribution in [2.24, 2.45) is 0 Å². The lowest BCUT2D eigenvalue weighted by Crippen LogP contribution is -2.34. The maximum atomic E-state index is 12.4. The second-order valence-electron chi connectivity index (χ2n) is 5.65. The van der Waals surface area contributed by atoms with E-state index >= 15 is 0 Å². The van der Waals surface area contributed by atoms with Crippen LogP contribution in [-0.2, 0) is 11.2 Å². The first-order valence-electron chi connectivity index (χ1n) is 8.13. The van der Waals surface area contributed by atoms with Gasteiger partial charge in [-0.05, 0) is 48.7 Å². The van der Waals surface area contributed by atoms with Crippen molar-refractivity contribution >= 4 is 17.3 Å². The minimum atomic E-state index is 0.0984. The second-order valence-corrected chi connectivity index (χ2v) is 5.65. The molecule has 0 aliphatic carbocycles. The fraction of sp³-hybridized carbons (Fsp3) is 0.316. The first kappa shape index (κ1) is 15.4. The molecule has 1 N–H and O–H groups in total. The lowest BCUT2D eigenvalue weighted by atomic mass is 10.2. The Morgan fingerprint density at radius 3 is 2.74 bits per heavy atom. The third kappa shape index (κ3) is 3.65. The summed E-state index contributed by atoms with van der Waals surface area (Å²) in [6, 6.07) is 15.8. The highest BCUT2D eigenvalue weighted by Crippen LogP contribution is 2.27. The first-order valence-corrected chi connectivity index (χ1v) is 8.13. The van der Waals surface area contributed by atoms with Crippen LogP contribution in [0.2, 0.25) is 0 Å². The molecule has 0 spiro atoms. The molecule has 1 aliphatic rings. The summed E-state index contributed by atoms with van der Waals surface area (Å²) in [6.07, 6.45) is 1.93. The van der Waals surface area contributed by atoms with E-state index in [0.29, 0.717) is 6.54 Å². The molecule has 0 aromatic heterocycles. The molecule has 4 heteroatoms. The largest absolute Gasteiger partial charge is 0.494 e. The Bertz CT molecular complexity index is 667. The number of nitrogens with one attached hydrogen (secondary N) is 1. The molecule has 0 radical (unpaired) electrons. The summed E-state index contributed by atoms with van der Waals surface area (Å²) in [5.41, 5.74) is 3.22. The number of anilines is 2. The van der Waals surface area contributed by atoms with Gasteiger partial charge in [0.2, 0.25) is 5.91 Å². The van der Waals surface area contributed by atoms with E-state index in [9.17, 15) is 4.79 Å². The molecule has 0 saturated carbocycles. The van der Waals surface area contributed by atoms with E-state index in [-0.39, 0.29) is 5.91 Å². The number of rotatable bonds is 6. The smallest absolute Gasteiger partial charge is 0.246 e. The standard InChI is InChI=1S/C19H22N2O2/c1-2-13-23-17-9-7-16(8-10-17)20-14-19(22)21-12-11-15-5-3-4-6-18(15)21/h3-10,20H,2,11-14H2,1H3. The Morgan fingerprint density at radius 2 is 1.96 bits per heavy atom. The van der Waals surface area contributed by atoms with E-state index in [1.807, 2.05) is 47.4 Å². The lowest BCUT2D eigenvalue weighted by molar-refractivity contribution is -0.116. The number of hydrogen-bond acceptors (Lipinski definition) is 3. The normalized spacial score (nSPS) is 12.8. The molecule has 2 aromatic carbocycles. The van der Waals surface area contributed by atoms with Crippen LogP contribution >= 0.6 is 0 Å². The maximum Gasteiger partial charge on any atom is 0.246 e. The zero-order valence-electron chi connectivity index (χ0n) is 13.4. The number of nitrogens with zero attached hydrogens (tertiary/aromatic N) is 1. The zero-order valence-corrected chi connectivity index (χ0v) is 13.4. The predicted molar refractivity (Wildman–Crippen MR) is 93.2 cm³/mol. The topological polar surface area (TPSA) is 41.6 Å². The van der Waals surface area contributed by atoms with Crippen molar-refractivity contribution in [2.75, 3.05) is 29.9 Å². The molecule has 2 aromatic rings. The van der Waals surface area contributed by atoms with Crippen LogP contribution in [0.4, 0.5) is 11.4 Å². The quantitative estimate of drug-likeness (QED) is 0.888. The fourth-order valence-corrected chi connectivity index (χ4v) is 2.76. The molecule has 0 bridgehead atoms. The summed E-state index contributed by atoms with van der Waals surface area (Å²) in [5.74, 6) is 0.957. The Kier molecular flexibility index (Phi) is 4.81. The molecule has 0 fully saturated rings. The molecule has 4 nitrogen and oxygen atoms in total. The summed E-state index contributed by atoms with van der Waals surface area (Å²) >= 11 is 0. The van der Waals surface area contributed by atoms with Gasteiger partial charge >= 0.3 is 0 Å². The zero-order chi connectivity index (χ0) is 16.1. The van der Waals surface area contributed by atoms with Crippen molar-refractivity contribution in [1.29, 1.82) is 0 Å². The highest BCUT2D eigenvalue weighted by atomic mass is 16.5. The molecule has 0 saturated heterocycles. The Morgan fingerprint density at radius 1 is 1.17 bits per heavy atom. The van der Waals surface area contributed by atoms with Crippen molar-refractivity contribution in [3.8, 4) is 5.75 Å². The molecule has 0 unspecified atom stereocenters. The number of ether oxygens (including phenoxy) is 1. The third-order valence-electron chi connectivity index (χ3n) is 3.96. The van der Waals surface area contributed by atoms with E-state index in [0.717, 1.165) is 43.1 Å². The molecule has 1 aliphatic heterocycles. The molecule has 1 heterocycles. The van der Waals surface area contributed by atoms with Crippen LogP contribution < -0.4 is 15.0 Å². The van der Waals surface area contributed by atoms with E-state index < -0.39 is 0 Å². The number of carbonyl (C=O) groups is 1. The number of hydrogen-bond donors (Lipinski definition) is 1. The summed E-state index contributed by atoms with van der Waals surface area (Å²) < 4.78 is 5.55. The molecular formula is C19H22N2O2. The van der Waals surface area contributed by atoms with Crippen LogP contribution in [0.25, 0.3) is 0 Å². The van der Waals surface area contributed by atoms with Gasteiger partial charge in [0.25, 0.3) is 0 Å². The van der Waals surface area contributed by atoms with Crippen molar-refractivity contribution in [1.82, 2.24) is 0 Å². The molecule has 1 amide bonds. The van der Waals surface area contributed by atoms with E-state index in [1.165, 1.54) is 5.56 Å². The molecule has 0 atom stereocenters. The third-order valence-corrected chi connectivity index (χ3v) is 3.96. The van der Waals surface area contributed by atoms with Gasteiger partial charge in [-0.1, -0.05) is 25.1 Å². The second kappa shape index (κ2) is 7.18. The minimum absolute atomic E-state index is 0.0984. The SMILES string of the molecule is CCCOc1ccc(NCC(=O)N2CCc3ccccc32)cc1. The van der Waals surface area contributed by atoms with Crippen LogP contribution in [0.3, 0.4) is 0 Å². The van der Waals surface area contributed by atoms with Crippen molar-refractivity contribution < 1.29 is 9.53 Å². The van der Waals surface area contributed by atoms with Crippen LogP contribution in [0.5, 0.6) is 5.75 Å². The number of amides is 1. The van der Waals surface area contributed by atoms with Crippen molar-refractivity contribution in [3.05, 3.63) is 54.1 Å². The Labute approximate surface area is 137 Å². The molecular weight excluding hydrogens is 288 g/mol. The Hall–Kier alpha value is -2.49. The monoisotopic (exact) mass is 310 g/mol. The number of carbonyl (C=O) groups excluding carboxylic acids is 1. The van der Waals surface area contributed by atoms with E-state index in [2.05, 4.69) is 18.3 Å². The maximum absolute atomic E-state index is 12.4. The highest BCUT2D eigenvalue weighted by Gasteiger charge is 2.23. The number of fused-ring (bicyclic) bond motifs is 1. The van der Waals surface area contributed by atoms with Gasteiger partial charge < -0.3 is 15.0 Å². The summed E-state index contributed by atoms with van der Waals surface area (Å²) in [4.78, 5) is 14.3. The first-order chi connectivity index (χ1) is 11.3. The summed E-state index contributed by atoms with van der Waals surface area (Å²) in [7, 11) is 0. The van der Waals surface area contributed by atoms with Gasteiger partial charge in [0.15, 0.2) is 0 Å². The van der Waals surface area contributed by atoms with Crippen LogP contribution in [0.15, 0.2) is 48.5 Å². The van der Waals surface area contributed by atoms with Gasteiger partial charge in [0.1, 0.15) is 5.75 Å². The molecule has 23 heavy (non-hydrogen) atoms. The predicted octanol–water partition coefficient (Wildman–Crippen LogP) is 3.48. The average molecular weight is 310 g/mol. The van der Waals surface area contributed by atoms with Crippen molar-refractivity contribution in [2.45, 2.75) is 19.8 Å². The average Bonchev–Trinajstić information content (AvgIpc) is 3.03. The van der Waals surface area contributed by atoms with Gasteiger partial charge in [-0.25, -0.2) is 0 Å². The summed E-state index contributed by atoms with van der Waals surface area (Å²) in [6.45, 7) is 3.87. The van der Waals surface area contributed by atoms with Crippen LogP contribution in [0, 0.1) is 0 Å². The number of benzene rings is 2. The lowest BCUT2D eigenvalue weighted by Gasteiger charge is -2.18. The van der Waals surface area contributed by atoms with Crippen LogP contribution in [-0.4, -0.2) is 25.6 Å². The molecule has 3 rings (SSSR count). The minimum Gasteiger partial charge on any atom is -0.494 e. The Balaban J connectivity index is 1.55. The summed E-state index contributed by atoms with van der Waals surface area (Å²) in [5, 5.41) is 3.19. The van der Waals surface area contributed by atoms with Crippen molar-refractivity contribution in [3.63, 3.8) is 0 Å². The van der Waals surface area contributed by atoms with Gasteiger partial charge in [-0.15, -0.1) is 0 Å². The van der Waals surface area contributed by atoms with Gasteiger partial charge in [0.05, 0.1) is 13.2 Å². The molecule has 120 valence electrons. The van der Waals surface area contributed by atoms with E-state index in [1.54, 1.807) is 0 Å². The van der Waals surface area contributed by atoms with Crippen LogP contribution in [0.1, 0.15) is 18.9 Å². The van der Waals surface area contributed by atoms with Gasteiger partial charge in [-0.3, -0.25) is 4.79 Å².